The number of aliphatic imine (C=N–C) groups is 1. The van der Waals surface area contributed by atoms with E-state index >= 15 is 0 Å². The van der Waals surface area contributed by atoms with Crippen molar-refractivity contribution in [2.24, 2.45) is 10.9 Å². The summed E-state index contributed by atoms with van der Waals surface area (Å²) in [7, 11) is 0. The van der Waals surface area contributed by atoms with Crippen LogP contribution in [0.2, 0.25) is 0 Å². The standard InChI is InChI=1S/C29H44N4O7S2/c1-11-18(13-21(34)39-27(5,6)7)38-24(35)22(17(3)4)32-25(36)29(12-2)16-42-23(33-29)19-15-41-20(31-19)14-30-26(37)40-28(8,9)10/h11,15,17-18,22H,1,12-14,16H2,2-10H3,(H,30,37)(H,32,36)/t18-,22+,29+/m1/s1. The number of aromatic nitrogens is 1. The molecule has 0 bridgehead atoms. The van der Waals surface area contributed by atoms with Crippen molar-refractivity contribution in [2.75, 3.05) is 5.75 Å². The molecule has 2 rings (SSSR count). The van der Waals surface area contributed by atoms with Crippen LogP contribution >= 0.6 is 23.1 Å². The van der Waals surface area contributed by atoms with E-state index in [9.17, 15) is 19.2 Å². The number of rotatable bonds is 12. The van der Waals surface area contributed by atoms with E-state index in [2.05, 4.69) is 22.2 Å². The van der Waals surface area contributed by atoms with Crippen LogP contribution in [0.25, 0.3) is 0 Å². The van der Waals surface area contributed by atoms with Crippen molar-refractivity contribution in [3.8, 4) is 0 Å². The van der Waals surface area contributed by atoms with Crippen molar-refractivity contribution in [3.05, 3.63) is 28.7 Å². The first kappa shape index (κ1) is 35.3. The third kappa shape index (κ3) is 10.7. The third-order valence-corrected chi connectivity index (χ3v) is 7.89. The van der Waals surface area contributed by atoms with E-state index in [1.165, 1.54) is 29.2 Å². The maximum atomic E-state index is 13.6. The average molecular weight is 625 g/mol. The van der Waals surface area contributed by atoms with Gasteiger partial charge in [-0.15, -0.1) is 23.1 Å². The Hall–Kier alpha value is -2.93. The molecule has 1 aromatic heterocycles. The second-order valence-corrected chi connectivity index (χ2v) is 14.2. The van der Waals surface area contributed by atoms with Crippen LogP contribution in [0, 0.1) is 5.92 Å². The molecule has 0 radical (unpaired) electrons. The molecule has 2 heterocycles. The van der Waals surface area contributed by atoms with Gasteiger partial charge in [0.15, 0.2) is 0 Å². The highest BCUT2D eigenvalue weighted by atomic mass is 32.2. The molecule has 0 saturated carbocycles. The number of thioether (sulfide) groups is 1. The molecule has 13 heteroatoms. The fraction of sp³-hybridized carbons (Fsp3) is 0.655. The Kier molecular flexibility index (Phi) is 12.2. The molecule has 0 fully saturated rings. The van der Waals surface area contributed by atoms with Gasteiger partial charge >= 0.3 is 18.0 Å². The van der Waals surface area contributed by atoms with Crippen LogP contribution in [0.1, 0.15) is 85.9 Å². The fourth-order valence-electron chi connectivity index (χ4n) is 3.70. The Bertz CT molecular complexity index is 1180. The summed E-state index contributed by atoms with van der Waals surface area (Å²) >= 11 is 2.78. The summed E-state index contributed by atoms with van der Waals surface area (Å²) in [4.78, 5) is 60.2. The highest BCUT2D eigenvalue weighted by Crippen LogP contribution is 2.34. The van der Waals surface area contributed by atoms with Gasteiger partial charge in [-0.25, -0.2) is 14.6 Å². The summed E-state index contributed by atoms with van der Waals surface area (Å²) in [6.07, 6.45) is 0.152. The van der Waals surface area contributed by atoms with Gasteiger partial charge in [0.1, 0.15) is 44.6 Å². The number of ether oxygens (including phenoxy) is 3. The van der Waals surface area contributed by atoms with Crippen molar-refractivity contribution in [1.82, 2.24) is 15.6 Å². The number of esters is 2. The Morgan fingerprint density at radius 2 is 1.76 bits per heavy atom. The van der Waals surface area contributed by atoms with Gasteiger partial charge in [-0.1, -0.05) is 33.4 Å². The molecular formula is C29H44N4O7S2. The van der Waals surface area contributed by atoms with Crippen molar-refractivity contribution >= 4 is 52.1 Å². The molecular weight excluding hydrogens is 580 g/mol. The van der Waals surface area contributed by atoms with Gasteiger partial charge in [0.2, 0.25) is 5.91 Å². The van der Waals surface area contributed by atoms with E-state index in [1.807, 2.05) is 12.3 Å². The molecule has 0 unspecified atom stereocenters. The first-order valence-corrected chi connectivity index (χ1v) is 15.7. The predicted molar refractivity (Wildman–Crippen MR) is 165 cm³/mol. The Morgan fingerprint density at radius 1 is 1.12 bits per heavy atom. The average Bonchev–Trinajstić information content (AvgIpc) is 3.51. The largest absolute Gasteiger partial charge is 0.460 e. The van der Waals surface area contributed by atoms with Gasteiger partial charge in [-0.3, -0.25) is 14.6 Å². The van der Waals surface area contributed by atoms with Crippen molar-refractivity contribution in [1.29, 1.82) is 0 Å². The summed E-state index contributed by atoms with van der Waals surface area (Å²) in [6.45, 7) is 19.9. The topological polar surface area (TPSA) is 145 Å². The predicted octanol–water partition coefficient (Wildman–Crippen LogP) is 4.78. The second-order valence-electron chi connectivity index (χ2n) is 12.3. The van der Waals surface area contributed by atoms with E-state index in [0.717, 1.165) is 0 Å². The van der Waals surface area contributed by atoms with Crippen LogP contribution in [0.15, 0.2) is 23.0 Å². The molecule has 1 aliphatic rings. The molecule has 42 heavy (non-hydrogen) atoms. The minimum atomic E-state index is -1.10. The van der Waals surface area contributed by atoms with Crippen LogP contribution in [0.3, 0.4) is 0 Å². The van der Waals surface area contributed by atoms with E-state index in [4.69, 9.17) is 19.2 Å². The molecule has 1 aliphatic heterocycles. The molecule has 1 aromatic rings. The minimum absolute atomic E-state index is 0.183. The molecule has 0 aliphatic carbocycles. The lowest BCUT2D eigenvalue weighted by atomic mass is 9.96. The SMILES string of the molecule is C=C[C@H](CC(=O)OC(C)(C)C)OC(=O)[C@@H](NC(=O)[C@]1(CC)CSC(c2csc(CNC(=O)OC(C)(C)C)n2)=N1)C(C)C. The second kappa shape index (κ2) is 14.5. The number of carbonyl (C=O) groups excluding carboxylic acids is 4. The quantitative estimate of drug-likeness (QED) is 0.191. The smallest absolute Gasteiger partial charge is 0.408 e. The van der Waals surface area contributed by atoms with Crippen LogP contribution < -0.4 is 10.6 Å². The number of hydrogen-bond acceptors (Lipinski definition) is 11. The highest BCUT2D eigenvalue weighted by molar-refractivity contribution is 8.14. The number of nitrogens with zero attached hydrogens (tertiary/aromatic N) is 2. The lowest BCUT2D eigenvalue weighted by Gasteiger charge is -2.28. The lowest BCUT2D eigenvalue weighted by molar-refractivity contribution is -0.161. The number of thiazole rings is 1. The maximum Gasteiger partial charge on any atom is 0.408 e. The van der Waals surface area contributed by atoms with Gasteiger partial charge in [-0.2, -0.15) is 0 Å². The van der Waals surface area contributed by atoms with Crippen LogP contribution in [-0.2, 0) is 35.1 Å². The Balaban J connectivity index is 2.09. The summed E-state index contributed by atoms with van der Waals surface area (Å²) in [5.74, 6) is -1.51. The highest BCUT2D eigenvalue weighted by Gasteiger charge is 2.44. The Morgan fingerprint density at radius 3 is 2.31 bits per heavy atom. The van der Waals surface area contributed by atoms with Crippen molar-refractivity contribution < 1.29 is 33.4 Å². The number of hydrogen-bond donors (Lipinski definition) is 2. The summed E-state index contributed by atoms with van der Waals surface area (Å²) in [6, 6.07) is -0.962. The molecule has 0 saturated heterocycles. The Labute approximate surface area is 256 Å². The molecule has 2 N–H and O–H groups in total. The van der Waals surface area contributed by atoms with Crippen LogP contribution in [-0.4, -0.2) is 68.6 Å². The normalized spacial score (nSPS) is 18.5. The zero-order valence-corrected chi connectivity index (χ0v) is 27.6. The zero-order chi connectivity index (χ0) is 31.9. The molecule has 2 amide bonds. The molecule has 0 spiro atoms. The van der Waals surface area contributed by atoms with E-state index in [-0.39, 0.29) is 18.9 Å². The molecule has 3 atom stereocenters. The summed E-state index contributed by atoms with van der Waals surface area (Å²) < 4.78 is 16.1. The fourth-order valence-corrected chi connectivity index (χ4v) is 5.76. The van der Waals surface area contributed by atoms with Gasteiger partial charge in [-0.05, 0) is 53.9 Å². The van der Waals surface area contributed by atoms with E-state index in [0.29, 0.717) is 27.9 Å². The monoisotopic (exact) mass is 624 g/mol. The van der Waals surface area contributed by atoms with Crippen molar-refractivity contribution in [3.63, 3.8) is 0 Å². The van der Waals surface area contributed by atoms with Gasteiger partial charge in [0.25, 0.3) is 0 Å². The van der Waals surface area contributed by atoms with Crippen LogP contribution in [0.4, 0.5) is 4.79 Å². The zero-order valence-electron chi connectivity index (χ0n) is 26.0. The summed E-state index contributed by atoms with van der Waals surface area (Å²) in [5, 5.41) is 8.63. The molecule has 11 nitrogen and oxygen atoms in total. The number of nitrogens with one attached hydrogen (secondary N) is 2. The van der Waals surface area contributed by atoms with Crippen LogP contribution in [0.5, 0.6) is 0 Å². The number of carbonyl (C=O) groups is 4. The minimum Gasteiger partial charge on any atom is -0.460 e. The van der Waals surface area contributed by atoms with Gasteiger partial charge < -0.3 is 24.8 Å². The maximum absolute atomic E-state index is 13.6. The number of amides is 2. The van der Waals surface area contributed by atoms with E-state index < -0.39 is 52.8 Å². The van der Waals surface area contributed by atoms with Gasteiger partial charge in [0, 0.05) is 11.1 Å². The molecule has 234 valence electrons. The first-order chi connectivity index (χ1) is 19.4. The molecule has 0 aromatic carbocycles. The van der Waals surface area contributed by atoms with Crippen molar-refractivity contribution in [2.45, 2.75) is 111 Å². The summed E-state index contributed by atoms with van der Waals surface area (Å²) in [5.41, 5.74) is -1.76. The lowest BCUT2D eigenvalue weighted by Crippen LogP contribution is -2.54. The number of alkyl carbamates (subject to hydrolysis) is 1. The van der Waals surface area contributed by atoms with Gasteiger partial charge in [0.05, 0.1) is 13.0 Å². The third-order valence-electron chi connectivity index (χ3n) is 5.85. The van der Waals surface area contributed by atoms with E-state index in [1.54, 1.807) is 55.4 Å². The first-order valence-electron chi connectivity index (χ1n) is 13.9.